The van der Waals surface area contributed by atoms with Gasteiger partial charge in [-0.2, -0.15) is 0 Å². The second kappa shape index (κ2) is 5.52. The van der Waals surface area contributed by atoms with Gasteiger partial charge in [0.15, 0.2) is 0 Å². The Hall–Kier alpha value is -0.660. The second-order valence-electron chi connectivity index (χ2n) is 6.00. The van der Waals surface area contributed by atoms with E-state index in [1.54, 1.807) is 0 Å². The van der Waals surface area contributed by atoms with Crippen molar-refractivity contribution >= 4 is 26.0 Å². The third-order valence-electron chi connectivity index (χ3n) is 4.63. The van der Waals surface area contributed by atoms with E-state index in [1.807, 2.05) is 0 Å². The first-order valence-electron chi connectivity index (χ1n) is 6.99. The lowest BCUT2D eigenvalue weighted by Crippen LogP contribution is -2.19. The van der Waals surface area contributed by atoms with Crippen LogP contribution in [0, 0.1) is 23.6 Å². The maximum absolute atomic E-state index is 13.8. The highest BCUT2D eigenvalue weighted by Gasteiger charge is 2.39. The summed E-state index contributed by atoms with van der Waals surface area (Å²) < 4.78 is 42.4. The van der Waals surface area contributed by atoms with Crippen LogP contribution in [0.3, 0.4) is 0 Å². The molecule has 0 aliphatic heterocycles. The Labute approximate surface area is 132 Å². The molecule has 2 saturated carbocycles. The van der Waals surface area contributed by atoms with Gasteiger partial charge in [0, 0.05) is 6.07 Å². The first kappa shape index (κ1) is 15.2. The predicted octanol–water partition coefficient (Wildman–Crippen LogP) is 3.05. The minimum absolute atomic E-state index is 0.322. The van der Waals surface area contributed by atoms with Crippen LogP contribution in [0.2, 0.25) is 0 Å². The molecule has 21 heavy (non-hydrogen) atoms. The van der Waals surface area contributed by atoms with Gasteiger partial charge in [0.1, 0.15) is 16.5 Å². The zero-order valence-corrected chi connectivity index (χ0v) is 13.8. The van der Waals surface area contributed by atoms with Gasteiger partial charge >= 0.3 is 0 Å². The average molecular weight is 378 g/mol. The van der Waals surface area contributed by atoms with E-state index in [0.29, 0.717) is 22.7 Å². The zero-order chi connectivity index (χ0) is 15.2. The van der Waals surface area contributed by atoms with Crippen molar-refractivity contribution in [2.75, 3.05) is 6.61 Å². The van der Waals surface area contributed by atoms with Crippen molar-refractivity contribution in [1.82, 2.24) is 0 Å². The minimum atomic E-state index is -4.07. The normalized spacial score (nSPS) is 28.0. The Morgan fingerprint density at radius 2 is 2.10 bits per heavy atom. The molecule has 2 bridgehead atoms. The van der Waals surface area contributed by atoms with Crippen LogP contribution in [0.4, 0.5) is 4.39 Å². The molecule has 0 amide bonds. The molecule has 116 valence electrons. The monoisotopic (exact) mass is 377 g/mol. The molecule has 0 spiro atoms. The Morgan fingerprint density at radius 3 is 2.67 bits per heavy atom. The number of ether oxygens (including phenoxy) is 1. The van der Waals surface area contributed by atoms with Gasteiger partial charge in [-0.15, -0.1) is 0 Å². The van der Waals surface area contributed by atoms with Gasteiger partial charge < -0.3 is 4.74 Å². The molecule has 3 unspecified atom stereocenters. The lowest BCUT2D eigenvalue weighted by atomic mass is 9.89. The van der Waals surface area contributed by atoms with Gasteiger partial charge in [0.25, 0.3) is 0 Å². The summed E-state index contributed by atoms with van der Waals surface area (Å²) >= 11 is 3.21. The Balaban J connectivity index is 1.73. The molecule has 2 aliphatic rings. The summed E-state index contributed by atoms with van der Waals surface area (Å²) in [5.41, 5.74) is 0. The highest BCUT2D eigenvalue weighted by molar-refractivity contribution is 9.10. The molecule has 0 heterocycles. The largest absolute Gasteiger partial charge is 0.492 e. The van der Waals surface area contributed by atoms with Crippen LogP contribution in [0.1, 0.15) is 25.7 Å². The summed E-state index contributed by atoms with van der Waals surface area (Å²) in [5, 5.41) is 4.96. The summed E-state index contributed by atoms with van der Waals surface area (Å²) in [6, 6.07) is 2.23. The molecule has 0 saturated heterocycles. The molecule has 7 heteroatoms. The van der Waals surface area contributed by atoms with Gasteiger partial charge in [0.05, 0.1) is 11.1 Å². The molecule has 4 nitrogen and oxygen atoms in total. The van der Waals surface area contributed by atoms with E-state index in [-0.39, 0.29) is 0 Å². The standard InChI is InChI=1S/C14H17BrFNO3S/c15-11-5-14(21(17,18)19)12(16)6-13(11)20-7-10-4-8-1-2-9(10)3-8/h5-6,8-10H,1-4,7H2,(H2,17,18,19). The number of hydrogen-bond donors (Lipinski definition) is 1. The number of benzene rings is 1. The van der Waals surface area contributed by atoms with E-state index >= 15 is 0 Å². The maximum Gasteiger partial charge on any atom is 0.241 e. The van der Waals surface area contributed by atoms with Crippen molar-refractivity contribution in [2.24, 2.45) is 22.9 Å². The first-order valence-corrected chi connectivity index (χ1v) is 9.33. The third-order valence-corrected chi connectivity index (χ3v) is 6.18. The van der Waals surface area contributed by atoms with Crippen molar-refractivity contribution in [3.63, 3.8) is 0 Å². The van der Waals surface area contributed by atoms with E-state index in [0.717, 1.165) is 24.0 Å². The fourth-order valence-electron chi connectivity index (χ4n) is 3.62. The van der Waals surface area contributed by atoms with Gasteiger partial charge in [-0.1, -0.05) is 6.42 Å². The van der Waals surface area contributed by atoms with Crippen molar-refractivity contribution < 1.29 is 17.5 Å². The number of nitrogens with two attached hydrogens (primary N) is 1. The zero-order valence-electron chi connectivity index (χ0n) is 11.4. The van der Waals surface area contributed by atoms with Crippen LogP contribution in [0.5, 0.6) is 5.75 Å². The van der Waals surface area contributed by atoms with Gasteiger partial charge in [-0.25, -0.2) is 17.9 Å². The number of halogens is 2. The fourth-order valence-corrected chi connectivity index (χ4v) is 4.84. The number of hydrogen-bond acceptors (Lipinski definition) is 3. The average Bonchev–Trinajstić information content (AvgIpc) is 3.00. The van der Waals surface area contributed by atoms with Crippen LogP contribution >= 0.6 is 15.9 Å². The van der Waals surface area contributed by atoms with Crippen LogP contribution < -0.4 is 9.88 Å². The van der Waals surface area contributed by atoms with E-state index < -0.39 is 20.7 Å². The molecule has 2 fully saturated rings. The summed E-state index contributed by atoms with van der Waals surface area (Å²) in [7, 11) is -4.07. The topological polar surface area (TPSA) is 69.4 Å². The molecular weight excluding hydrogens is 361 g/mol. The molecule has 0 radical (unpaired) electrons. The number of primary sulfonamides is 1. The van der Waals surface area contributed by atoms with E-state index in [2.05, 4.69) is 15.9 Å². The fraction of sp³-hybridized carbons (Fsp3) is 0.571. The maximum atomic E-state index is 13.8. The molecule has 2 aliphatic carbocycles. The quantitative estimate of drug-likeness (QED) is 0.876. The SMILES string of the molecule is NS(=O)(=O)c1cc(Br)c(OCC2CC3CCC2C3)cc1F. The first-order chi connectivity index (χ1) is 9.84. The highest BCUT2D eigenvalue weighted by Crippen LogP contribution is 2.48. The second-order valence-corrected chi connectivity index (χ2v) is 8.39. The molecule has 2 N–H and O–H groups in total. The number of sulfonamides is 1. The Morgan fingerprint density at radius 1 is 1.33 bits per heavy atom. The highest BCUT2D eigenvalue weighted by atomic mass is 79.9. The molecule has 1 aromatic carbocycles. The number of fused-ring (bicyclic) bond motifs is 2. The van der Waals surface area contributed by atoms with Gasteiger partial charge in [0.2, 0.25) is 10.0 Å². The lowest BCUT2D eigenvalue weighted by molar-refractivity contribution is 0.193. The molecule has 1 aromatic rings. The minimum Gasteiger partial charge on any atom is -0.492 e. The predicted molar refractivity (Wildman–Crippen MR) is 79.9 cm³/mol. The smallest absolute Gasteiger partial charge is 0.241 e. The molecule has 0 aromatic heterocycles. The van der Waals surface area contributed by atoms with Gasteiger partial charge in [-0.05, 0) is 59.0 Å². The Bertz CT molecular complexity index is 664. The molecular formula is C14H17BrFNO3S. The Kier molecular flexibility index (Phi) is 4.00. The van der Waals surface area contributed by atoms with Crippen LogP contribution in [0.15, 0.2) is 21.5 Å². The lowest BCUT2D eigenvalue weighted by Gasteiger charge is -2.22. The third kappa shape index (κ3) is 3.10. The van der Waals surface area contributed by atoms with Crippen LogP contribution in [-0.2, 0) is 10.0 Å². The van der Waals surface area contributed by atoms with E-state index in [4.69, 9.17) is 9.88 Å². The molecule has 3 rings (SSSR count). The van der Waals surface area contributed by atoms with Crippen molar-refractivity contribution in [3.8, 4) is 5.75 Å². The van der Waals surface area contributed by atoms with Crippen molar-refractivity contribution in [3.05, 3.63) is 22.4 Å². The summed E-state index contributed by atoms with van der Waals surface area (Å²) in [4.78, 5) is -0.526. The van der Waals surface area contributed by atoms with Crippen LogP contribution in [-0.4, -0.2) is 15.0 Å². The van der Waals surface area contributed by atoms with Gasteiger partial charge in [-0.3, -0.25) is 0 Å². The summed E-state index contributed by atoms with van der Waals surface area (Å²) in [5.74, 6) is 1.51. The van der Waals surface area contributed by atoms with Crippen molar-refractivity contribution in [1.29, 1.82) is 0 Å². The van der Waals surface area contributed by atoms with Crippen LogP contribution in [0.25, 0.3) is 0 Å². The molecule has 3 atom stereocenters. The number of rotatable bonds is 4. The summed E-state index contributed by atoms with van der Waals surface area (Å²) in [6.45, 7) is 0.550. The van der Waals surface area contributed by atoms with E-state index in [1.165, 1.54) is 25.7 Å². The van der Waals surface area contributed by atoms with Crippen molar-refractivity contribution in [2.45, 2.75) is 30.6 Å². The van der Waals surface area contributed by atoms with E-state index in [9.17, 15) is 12.8 Å². The summed E-state index contributed by atoms with van der Waals surface area (Å²) in [6.07, 6.45) is 5.05.